The van der Waals surface area contributed by atoms with Crippen molar-refractivity contribution in [2.24, 2.45) is 11.8 Å². The number of hydrogen-bond acceptors (Lipinski definition) is 4. The van der Waals surface area contributed by atoms with E-state index in [-0.39, 0.29) is 11.5 Å². The van der Waals surface area contributed by atoms with Crippen molar-refractivity contribution >= 4 is 0 Å². The lowest BCUT2D eigenvalue weighted by Crippen LogP contribution is -2.71. The minimum Gasteiger partial charge on any atom is -0.483 e. The molecule has 5 aliphatic rings. The zero-order chi connectivity index (χ0) is 18.4. The van der Waals surface area contributed by atoms with E-state index in [1.165, 1.54) is 61.9 Å². The first-order valence-corrected chi connectivity index (χ1v) is 10.8. The Morgan fingerprint density at radius 3 is 2.70 bits per heavy atom. The van der Waals surface area contributed by atoms with Crippen LogP contribution in [0.25, 0.3) is 0 Å². The van der Waals surface area contributed by atoms with Gasteiger partial charge in [-0.1, -0.05) is 12.1 Å². The van der Waals surface area contributed by atoms with E-state index < -0.39 is 5.79 Å². The number of hydrogen-bond donors (Lipinski definition) is 0. The first-order valence-electron chi connectivity index (χ1n) is 10.8. The van der Waals surface area contributed by atoms with Crippen molar-refractivity contribution in [3.63, 3.8) is 0 Å². The van der Waals surface area contributed by atoms with Gasteiger partial charge in [-0.3, -0.25) is 4.90 Å². The molecule has 1 aromatic carbocycles. The second kappa shape index (κ2) is 5.49. The van der Waals surface area contributed by atoms with E-state index in [1.54, 1.807) is 14.2 Å². The molecule has 0 radical (unpaired) electrons. The van der Waals surface area contributed by atoms with Crippen molar-refractivity contribution < 1.29 is 14.2 Å². The van der Waals surface area contributed by atoms with Crippen LogP contribution < -0.4 is 4.74 Å². The van der Waals surface area contributed by atoms with E-state index in [0.29, 0.717) is 12.0 Å². The highest BCUT2D eigenvalue weighted by Gasteiger charge is 2.70. The minimum atomic E-state index is -0.625. The summed E-state index contributed by atoms with van der Waals surface area (Å²) in [6.45, 7) is 4.68. The van der Waals surface area contributed by atoms with Crippen LogP contribution in [0.2, 0.25) is 0 Å². The summed E-state index contributed by atoms with van der Waals surface area (Å²) in [5.41, 5.74) is 4.35. The maximum atomic E-state index is 6.77. The van der Waals surface area contributed by atoms with Crippen LogP contribution in [0.3, 0.4) is 0 Å². The van der Waals surface area contributed by atoms with Gasteiger partial charge in [0, 0.05) is 44.2 Å². The van der Waals surface area contributed by atoms with Gasteiger partial charge in [0.15, 0.2) is 6.10 Å². The molecule has 3 unspecified atom stereocenters. The molecule has 4 heteroatoms. The second-order valence-electron chi connectivity index (χ2n) is 9.61. The quantitative estimate of drug-likeness (QED) is 0.761. The fourth-order valence-corrected chi connectivity index (χ4v) is 7.10. The van der Waals surface area contributed by atoms with Gasteiger partial charge in [-0.05, 0) is 68.5 Å². The summed E-state index contributed by atoms with van der Waals surface area (Å²) in [6.07, 6.45) is 7.28. The van der Waals surface area contributed by atoms with E-state index in [1.807, 2.05) is 0 Å². The van der Waals surface area contributed by atoms with Gasteiger partial charge < -0.3 is 14.2 Å². The summed E-state index contributed by atoms with van der Waals surface area (Å²) < 4.78 is 18.9. The fourth-order valence-electron chi connectivity index (χ4n) is 7.10. The first-order chi connectivity index (χ1) is 13.1. The lowest BCUT2D eigenvalue weighted by molar-refractivity contribution is -0.292. The third-order valence-electron chi connectivity index (χ3n) is 8.53. The van der Waals surface area contributed by atoms with Crippen LogP contribution in [0.4, 0.5) is 0 Å². The highest BCUT2D eigenvalue weighted by Crippen LogP contribution is 2.65. The smallest absolute Gasteiger partial charge is 0.206 e. The van der Waals surface area contributed by atoms with Gasteiger partial charge in [-0.2, -0.15) is 0 Å². The summed E-state index contributed by atoms with van der Waals surface area (Å²) in [6, 6.07) is 5.28. The van der Waals surface area contributed by atoms with Gasteiger partial charge in [0.1, 0.15) is 5.75 Å². The summed E-state index contributed by atoms with van der Waals surface area (Å²) >= 11 is 0. The molecule has 0 N–H and O–H groups in total. The number of rotatable bonds is 4. The Morgan fingerprint density at radius 1 is 1.15 bits per heavy atom. The number of piperidine rings is 1. The molecular weight excluding hydrogens is 338 g/mol. The molecule has 4 nitrogen and oxygen atoms in total. The predicted molar refractivity (Wildman–Crippen MR) is 103 cm³/mol. The number of ether oxygens (including phenoxy) is 3. The molecule has 4 atom stereocenters. The zero-order valence-corrected chi connectivity index (χ0v) is 16.8. The lowest BCUT2D eigenvalue weighted by Gasteiger charge is -2.61. The van der Waals surface area contributed by atoms with Gasteiger partial charge in [0.25, 0.3) is 0 Å². The Morgan fingerprint density at radius 2 is 1.96 bits per heavy atom. The third-order valence-corrected chi connectivity index (χ3v) is 8.53. The van der Waals surface area contributed by atoms with Crippen LogP contribution in [0.5, 0.6) is 5.75 Å². The molecule has 0 aromatic heterocycles. The van der Waals surface area contributed by atoms with Crippen molar-refractivity contribution in [1.82, 2.24) is 4.90 Å². The van der Waals surface area contributed by atoms with E-state index in [0.717, 1.165) is 18.1 Å². The van der Waals surface area contributed by atoms with E-state index in [2.05, 4.69) is 24.0 Å². The molecule has 0 amide bonds. The third kappa shape index (κ3) is 2.00. The zero-order valence-electron chi connectivity index (χ0n) is 16.8. The maximum absolute atomic E-state index is 6.77. The Hall–Kier alpha value is -1.10. The summed E-state index contributed by atoms with van der Waals surface area (Å²) in [4.78, 5) is 2.83. The molecule has 146 valence electrons. The van der Waals surface area contributed by atoms with Gasteiger partial charge >= 0.3 is 0 Å². The Balaban J connectivity index is 1.52. The number of benzene rings is 1. The number of methoxy groups -OCH3 is 2. The van der Waals surface area contributed by atoms with Crippen molar-refractivity contribution in [2.45, 2.75) is 68.8 Å². The summed E-state index contributed by atoms with van der Waals surface area (Å²) in [5.74, 6) is 2.12. The molecule has 1 saturated heterocycles. The largest absolute Gasteiger partial charge is 0.483 e. The molecule has 2 aliphatic heterocycles. The Labute approximate surface area is 162 Å². The Kier molecular flexibility index (Phi) is 3.42. The molecule has 1 aromatic rings. The monoisotopic (exact) mass is 369 g/mol. The second-order valence-corrected chi connectivity index (χ2v) is 9.61. The van der Waals surface area contributed by atoms with Crippen LogP contribution >= 0.6 is 0 Å². The van der Waals surface area contributed by atoms with Crippen molar-refractivity contribution in [3.05, 3.63) is 28.8 Å². The highest BCUT2D eigenvalue weighted by atomic mass is 16.7. The maximum Gasteiger partial charge on any atom is 0.206 e. The van der Waals surface area contributed by atoms with Crippen molar-refractivity contribution in [1.29, 1.82) is 0 Å². The predicted octanol–water partition coefficient (Wildman–Crippen LogP) is 3.43. The molecule has 2 heterocycles. The van der Waals surface area contributed by atoms with Gasteiger partial charge in [0.05, 0.1) is 0 Å². The molecule has 3 fully saturated rings. The van der Waals surface area contributed by atoms with Crippen LogP contribution in [0.15, 0.2) is 12.1 Å². The van der Waals surface area contributed by atoms with Gasteiger partial charge in [-0.15, -0.1) is 0 Å². The number of aryl methyl sites for hydroxylation is 1. The summed E-state index contributed by atoms with van der Waals surface area (Å²) in [5, 5.41) is 0. The molecule has 3 aliphatic carbocycles. The molecule has 2 saturated carbocycles. The molecule has 1 spiro atoms. The van der Waals surface area contributed by atoms with Crippen molar-refractivity contribution in [3.8, 4) is 5.75 Å². The fraction of sp³-hybridized carbons (Fsp3) is 0.739. The standard InChI is InChI=1S/C23H31NO3/c1-14-4-7-16-12-18-17-8-9-23(25-2,26-3)21-22(17,19(16)20(14)27-21)10-11-24(18)13-15-5-6-15/h4,7,15,17-18,21H,5-6,8-13H2,1-3H3/t17?,18-,21?,22?/m0/s1. The number of likely N-dealkylation sites (tertiary alicyclic amines) is 1. The highest BCUT2D eigenvalue weighted by molar-refractivity contribution is 5.58. The molecule has 6 rings (SSSR count). The average Bonchev–Trinajstić information content (AvgIpc) is 3.43. The average molecular weight is 370 g/mol. The van der Waals surface area contributed by atoms with E-state index >= 15 is 0 Å². The lowest BCUT2D eigenvalue weighted by atomic mass is 9.50. The summed E-state index contributed by atoms with van der Waals surface area (Å²) in [7, 11) is 3.59. The number of nitrogens with zero attached hydrogens (tertiary/aromatic N) is 1. The van der Waals surface area contributed by atoms with Crippen LogP contribution in [0, 0.1) is 18.8 Å². The SMILES string of the molecule is COC1(OC)CCC2[C@@H]3Cc4ccc(C)c5c4C2(CCN3CC2CC2)C1O5. The van der Waals surface area contributed by atoms with Crippen LogP contribution in [-0.4, -0.2) is 50.1 Å². The van der Waals surface area contributed by atoms with Crippen LogP contribution in [-0.2, 0) is 21.3 Å². The Bertz CT molecular complexity index is 784. The van der Waals surface area contributed by atoms with E-state index in [9.17, 15) is 0 Å². The molecular formula is C23H31NO3. The normalized spacial score (nSPS) is 38.4. The molecule has 27 heavy (non-hydrogen) atoms. The van der Waals surface area contributed by atoms with Gasteiger partial charge in [-0.25, -0.2) is 0 Å². The van der Waals surface area contributed by atoms with Crippen molar-refractivity contribution in [2.75, 3.05) is 27.3 Å². The minimum absolute atomic E-state index is 0.0283. The first kappa shape index (κ1) is 16.8. The molecule has 2 bridgehead atoms. The van der Waals surface area contributed by atoms with Crippen LogP contribution in [0.1, 0.15) is 48.8 Å². The topological polar surface area (TPSA) is 30.9 Å². The van der Waals surface area contributed by atoms with Gasteiger partial charge in [0.2, 0.25) is 5.79 Å². The van der Waals surface area contributed by atoms with E-state index in [4.69, 9.17) is 14.2 Å².